The highest BCUT2D eigenvalue weighted by Gasteiger charge is 2.41. The Labute approximate surface area is 152 Å². The molecule has 2 unspecified atom stereocenters. The third-order valence-corrected chi connectivity index (χ3v) is 6.15. The van der Waals surface area contributed by atoms with E-state index in [1.54, 1.807) is 11.9 Å². The minimum atomic E-state index is -0.453. The molecule has 2 aliphatic carbocycles. The van der Waals surface area contributed by atoms with E-state index in [0.29, 0.717) is 22.4 Å². The van der Waals surface area contributed by atoms with Gasteiger partial charge in [-0.05, 0) is 49.1 Å². The third kappa shape index (κ3) is 3.80. The summed E-state index contributed by atoms with van der Waals surface area (Å²) < 4.78 is 0. The molecule has 7 heteroatoms. The average Bonchev–Trinajstić information content (AvgIpc) is 2.55. The summed E-state index contributed by atoms with van der Waals surface area (Å²) in [7, 11) is 1.74. The van der Waals surface area contributed by atoms with Crippen molar-refractivity contribution in [1.29, 1.82) is 0 Å². The fourth-order valence-electron chi connectivity index (χ4n) is 4.43. The molecule has 6 nitrogen and oxygen atoms in total. The number of fused-ring (bicyclic) bond motifs is 2. The van der Waals surface area contributed by atoms with Crippen LogP contribution in [-0.4, -0.2) is 28.8 Å². The van der Waals surface area contributed by atoms with Crippen LogP contribution in [0.15, 0.2) is 18.2 Å². The third-order valence-electron chi connectivity index (χ3n) is 5.79. The summed E-state index contributed by atoms with van der Waals surface area (Å²) in [6.07, 6.45) is 5.14. The highest BCUT2D eigenvalue weighted by Crippen LogP contribution is 2.42. The van der Waals surface area contributed by atoms with Crippen molar-refractivity contribution in [2.45, 2.75) is 44.7 Å². The predicted octanol–water partition coefficient (Wildman–Crippen LogP) is 3.36. The Bertz CT molecular complexity index is 668. The largest absolute Gasteiger partial charge is 0.341 e. The van der Waals surface area contributed by atoms with Crippen LogP contribution in [0.2, 0.25) is 5.02 Å². The summed E-state index contributed by atoms with van der Waals surface area (Å²) >= 11 is 6.16. The molecule has 136 valence electrons. The number of nitrogens with zero attached hydrogens (tertiary/aromatic N) is 2. The van der Waals surface area contributed by atoms with E-state index in [-0.39, 0.29) is 30.1 Å². The molecule has 0 saturated heterocycles. The minimum absolute atomic E-state index is 0.00225. The van der Waals surface area contributed by atoms with Gasteiger partial charge in [0, 0.05) is 42.7 Å². The zero-order valence-corrected chi connectivity index (χ0v) is 15.1. The highest BCUT2D eigenvalue weighted by atomic mass is 35.5. The van der Waals surface area contributed by atoms with Crippen LogP contribution in [-0.2, 0) is 11.3 Å². The van der Waals surface area contributed by atoms with Crippen molar-refractivity contribution < 1.29 is 9.72 Å². The van der Waals surface area contributed by atoms with Gasteiger partial charge in [0.25, 0.3) is 5.69 Å². The molecule has 1 aromatic carbocycles. The molecule has 1 aromatic rings. The van der Waals surface area contributed by atoms with Gasteiger partial charge in [0.15, 0.2) is 0 Å². The van der Waals surface area contributed by atoms with Crippen molar-refractivity contribution in [3.8, 4) is 0 Å². The van der Waals surface area contributed by atoms with E-state index in [9.17, 15) is 14.9 Å². The predicted molar refractivity (Wildman–Crippen MR) is 96.1 cm³/mol. The van der Waals surface area contributed by atoms with Gasteiger partial charge in [-0.15, -0.1) is 0 Å². The summed E-state index contributed by atoms with van der Waals surface area (Å²) in [5.74, 6) is 0.969. The Kier molecular flexibility index (Phi) is 5.29. The Morgan fingerprint density at radius 3 is 2.60 bits per heavy atom. The number of hydrogen-bond donors (Lipinski definition) is 1. The molecule has 0 spiro atoms. The van der Waals surface area contributed by atoms with Crippen LogP contribution in [0.25, 0.3) is 0 Å². The van der Waals surface area contributed by atoms with E-state index < -0.39 is 4.92 Å². The van der Waals surface area contributed by atoms with Crippen LogP contribution >= 0.6 is 11.6 Å². The summed E-state index contributed by atoms with van der Waals surface area (Å²) in [6.45, 7) is 0.275. The number of carbonyl (C=O) groups excluding carboxylic acids is 1. The first kappa shape index (κ1) is 18.1. The molecule has 1 amide bonds. The molecule has 2 bridgehead atoms. The van der Waals surface area contributed by atoms with Crippen molar-refractivity contribution in [3.05, 3.63) is 38.9 Å². The molecule has 0 radical (unpaired) electrons. The molecular weight excluding hydrogens is 342 g/mol. The van der Waals surface area contributed by atoms with Crippen molar-refractivity contribution in [2.75, 3.05) is 7.05 Å². The quantitative estimate of drug-likeness (QED) is 0.654. The maximum absolute atomic E-state index is 12.9. The minimum Gasteiger partial charge on any atom is -0.341 e. The number of carbonyl (C=O) groups is 1. The van der Waals surface area contributed by atoms with E-state index in [1.807, 2.05) is 0 Å². The maximum Gasteiger partial charge on any atom is 0.269 e. The fourth-order valence-corrected chi connectivity index (χ4v) is 4.61. The van der Waals surface area contributed by atoms with Gasteiger partial charge in [-0.25, -0.2) is 0 Å². The molecule has 2 fully saturated rings. The molecule has 0 aliphatic heterocycles. The summed E-state index contributed by atoms with van der Waals surface area (Å²) in [5, 5.41) is 11.4. The highest BCUT2D eigenvalue weighted by molar-refractivity contribution is 6.31. The van der Waals surface area contributed by atoms with E-state index in [2.05, 4.69) is 0 Å². The van der Waals surface area contributed by atoms with Crippen LogP contribution < -0.4 is 5.73 Å². The zero-order chi connectivity index (χ0) is 18.1. The Morgan fingerprint density at radius 1 is 1.36 bits per heavy atom. The molecular formula is C18H24ClN3O3. The standard InChI is InChI=1S/C18H24ClN3O3/c1-21(10-14-9-15(22(24)25)5-6-16(14)19)18(23)13-7-11-3-2-4-12(8-13)17(11)20/h5-6,9,11-13,17H,2-4,7-8,10,20H2,1H3. The lowest BCUT2D eigenvalue weighted by Crippen LogP contribution is -2.49. The topological polar surface area (TPSA) is 89.5 Å². The second-order valence-electron chi connectivity index (χ2n) is 7.42. The van der Waals surface area contributed by atoms with Gasteiger partial charge in [0.1, 0.15) is 0 Å². The molecule has 2 atom stereocenters. The van der Waals surface area contributed by atoms with E-state index in [1.165, 1.54) is 24.6 Å². The first-order chi connectivity index (χ1) is 11.9. The van der Waals surface area contributed by atoms with Crippen molar-refractivity contribution in [1.82, 2.24) is 4.90 Å². The number of nitro groups is 1. The lowest BCUT2D eigenvalue weighted by Gasteiger charge is -2.44. The van der Waals surface area contributed by atoms with Gasteiger partial charge in [-0.1, -0.05) is 18.0 Å². The molecule has 2 N–H and O–H groups in total. The number of nitro benzene ring substituents is 1. The number of amides is 1. The smallest absolute Gasteiger partial charge is 0.269 e. The van der Waals surface area contributed by atoms with Crippen LogP contribution in [0.1, 0.15) is 37.7 Å². The SMILES string of the molecule is CN(Cc1cc([N+](=O)[O-])ccc1Cl)C(=O)C1CC2CCCC(C1)C2N. The molecule has 25 heavy (non-hydrogen) atoms. The molecule has 2 aliphatic rings. The van der Waals surface area contributed by atoms with Gasteiger partial charge >= 0.3 is 0 Å². The van der Waals surface area contributed by atoms with Gasteiger partial charge in [0.2, 0.25) is 5.91 Å². The van der Waals surface area contributed by atoms with Crippen LogP contribution in [0.3, 0.4) is 0 Å². The summed E-state index contributed by atoms with van der Waals surface area (Å²) in [6, 6.07) is 4.56. The zero-order valence-electron chi connectivity index (χ0n) is 14.4. The second-order valence-corrected chi connectivity index (χ2v) is 7.83. The first-order valence-corrected chi connectivity index (χ1v) is 9.18. The monoisotopic (exact) mass is 365 g/mol. The van der Waals surface area contributed by atoms with Gasteiger partial charge < -0.3 is 10.6 Å². The van der Waals surface area contributed by atoms with Crippen LogP contribution in [0, 0.1) is 27.9 Å². The lowest BCUT2D eigenvalue weighted by molar-refractivity contribution is -0.384. The van der Waals surface area contributed by atoms with Crippen molar-refractivity contribution in [2.24, 2.45) is 23.5 Å². The van der Waals surface area contributed by atoms with Gasteiger partial charge in [0.05, 0.1) is 4.92 Å². The maximum atomic E-state index is 12.9. The number of rotatable bonds is 4. The number of benzene rings is 1. The second kappa shape index (κ2) is 7.30. The lowest BCUT2D eigenvalue weighted by atomic mass is 9.65. The van der Waals surface area contributed by atoms with E-state index in [4.69, 9.17) is 17.3 Å². The molecule has 2 saturated carbocycles. The first-order valence-electron chi connectivity index (χ1n) is 8.80. The summed E-state index contributed by atoms with van der Waals surface area (Å²) in [4.78, 5) is 25.0. The molecule has 0 heterocycles. The van der Waals surface area contributed by atoms with Crippen molar-refractivity contribution in [3.63, 3.8) is 0 Å². The number of nitrogens with two attached hydrogens (primary N) is 1. The van der Waals surface area contributed by atoms with Gasteiger partial charge in [-0.2, -0.15) is 0 Å². The van der Waals surface area contributed by atoms with Crippen LogP contribution in [0.4, 0.5) is 5.69 Å². The summed E-state index contributed by atoms with van der Waals surface area (Å²) in [5.41, 5.74) is 6.89. The Morgan fingerprint density at radius 2 is 2.00 bits per heavy atom. The fraction of sp³-hybridized carbons (Fsp3) is 0.611. The van der Waals surface area contributed by atoms with Gasteiger partial charge in [-0.3, -0.25) is 14.9 Å². The number of non-ortho nitro benzene ring substituents is 1. The molecule has 0 aromatic heterocycles. The average molecular weight is 366 g/mol. The normalized spacial score (nSPS) is 28.4. The van der Waals surface area contributed by atoms with E-state index in [0.717, 1.165) is 25.7 Å². The Hall–Kier alpha value is -1.66. The van der Waals surface area contributed by atoms with E-state index >= 15 is 0 Å². The molecule has 3 rings (SSSR count). The van der Waals surface area contributed by atoms with Crippen LogP contribution in [0.5, 0.6) is 0 Å². The number of halogens is 1. The van der Waals surface area contributed by atoms with Crippen molar-refractivity contribution >= 4 is 23.2 Å². The number of hydrogen-bond acceptors (Lipinski definition) is 4. The Balaban J connectivity index is 1.69.